The van der Waals surface area contributed by atoms with Gasteiger partial charge in [-0.05, 0) is 12.8 Å². The monoisotopic (exact) mass is 188 g/mol. The van der Waals surface area contributed by atoms with Gasteiger partial charge in [0.2, 0.25) is 5.91 Å². The third-order valence-corrected chi connectivity index (χ3v) is 1.38. The molecule has 0 bridgehead atoms. The Kier molecular flexibility index (Phi) is 6.68. The van der Waals surface area contributed by atoms with Crippen molar-refractivity contribution in [2.75, 3.05) is 20.2 Å². The van der Waals surface area contributed by atoms with Gasteiger partial charge in [-0.25, -0.2) is 4.79 Å². The number of nitrogens with one attached hydrogen (secondary N) is 2. The van der Waals surface area contributed by atoms with Crippen molar-refractivity contribution in [2.24, 2.45) is 0 Å². The van der Waals surface area contributed by atoms with Crippen molar-refractivity contribution < 1.29 is 14.3 Å². The van der Waals surface area contributed by atoms with Crippen LogP contribution in [0, 0.1) is 0 Å². The van der Waals surface area contributed by atoms with Gasteiger partial charge in [0.1, 0.15) is 0 Å². The van der Waals surface area contributed by atoms with Gasteiger partial charge in [-0.2, -0.15) is 0 Å². The number of amides is 2. The van der Waals surface area contributed by atoms with E-state index in [1.165, 1.54) is 14.0 Å². The topological polar surface area (TPSA) is 67.4 Å². The standard InChI is InChI=1S/C8H16N2O3/c1-7(11)10-5-3-4-6-13-8(12)9-2/h3-6H2,1-2H3,(H,9,12)(H,10,11). The average molecular weight is 188 g/mol. The van der Waals surface area contributed by atoms with Crippen LogP contribution < -0.4 is 10.6 Å². The first kappa shape index (κ1) is 11.7. The van der Waals surface area contributed by atoms with Crippen LogP contribution in [0.4, 0.5) is 4.79 Å². The van der Waals surface area contributed by atoms with Crippen molar-refractivity contribution in [3.05, 3.63) is 0 Å². The van der Waals surface area contributed by atoms with Crippen LogP contribution in [-0.2, 0) is 9.53 Å². The number of carbonyl (C=O) groups is 2. The lowest BCUT2D eigenvalue weighted by molar-refractivity contribution is -0.118. The molecule has 2 amide bonds. The SMILES string of the molecule is CNC(=O)OCCCCNC(C)=O. The van der Waals surface area contributed by atoms with Gasteiger partial charge < -0.3 is 15.4 Å². The van der Waals surface area contributed by atoms with Crippen molar-refractivity contribution in [1.29, 1.82) is 0 Å². The Morgan fingerprint density at radius 2 is 2.00 bits per heavy atom. The third-order valence-electron chi connectivity index (χ3n) is 1.38. The van der Waals surface area contributed by atoms with Crippen LogP contribution in [0.1, 0.15) is 19.8 Å². The van der Waals surface area contributed by atoms with E-state index in [1.54, 1.807) is 0 Å². The Morgan fingerprint density at radius 3 is 2.54 bits per heavy atom. The van der Waals surface area contributed by atoms with Gasteiger partial charge in [-0.15, -0.1) is 0 Å². The Morgan fingerprint density at radius 1 is 1.31 bits per heavy atom. The summed E-state index contributed by atoms with van der Waals surface area (Å²) >= 11 is 0. The molecule has 0 unspecified atom stereocenters. The van der Waals surface area contributed by atoms with Crippen LogP contribution in [0.25, 0.3) is 0 Å². The average Bonchev–Trinajstić information content (AvgIpc) is 2.10. The molecule has 0 fully saturated rings. The zero-order valence-electron chi connectivity index (χ0n) is 8.05. The molecule has 76 valence electrons. The second-order valence-electron chi connectivity index (χ2n) is 2.58. The molecular weight excluding hydrogens is 172 g/mol. The van der Waals surface area contributed by atoms with Gasteiger partial charge in [0.25, 0.3) is 0 Å². The number of alkyl carbamates (subject to hydrolysis) is 1. The second kappa shape index (κ2) is 7.39. The minimum absolute atomic E-state index is 0.0350. The maximum Gasteiger partial charge on any atom is 0.406 e. The Bertz CT molecular complexity index is 171. The summed E-state index contributed by atoms with van der Waals surface area (Å²) in [6, 6.07) is 0. The summed E-state index contributed by atoms with van der Waals surface area (Å²) in [6.07, 6.45) is 1.16. The van der Waals surface area contributed by atoms with Gasteiger partial charge in [0, 0.05) is 20.5 Å². The first-order valence-corrected chi connectivity index (χ1v) is 4.25. The quantitative estimate of drug-likeness (QED) is 0.608. The fourth-order valence-electron chi connectivity index (χ4n) is 0.729. The van der Waals surface area contributed by atoms with Gasteiger partial charge in [0.05, 0.1) is 6.61 Å². The van der Waals surface area contributed by atoms with E-state index in [2.05, 4.69) is 10.6 Å². The molecule has 0 heterocycles. The van der Waals surface area contributed by atoms with E-state index in [0.717, 1.165) is 12.8 Å². The third kappa shape index (κ3) is 8.65. The van der Waals surface area contributed by atoms with Crippen molar-refractivity contribution in [3.8, 4) is 0 Å². The van der Waals surface area contributed by atoms with E-state index in [4.69, 9.17) is 4.74 Å². The molecule has 5 nitrogen and oxygen atoms in total. The van der Waals surface area contributed by atoms with E-state index in [9.17, 15) is 9.59 Å². The minimum Gasteiger partial charge on any atom is -0.450 e. The molecule has 2 N–H and O–H groups in total. The van der Waals surface area contributed by atoms with Crippen molar-refractivity contribution in [2.45, 2.75) is 19.8 Å². The zero-order chi connectivity index (χ0) is 10.1. The summed E-state index contributed by atoms with van der Waals surface area (Å²) in [4.78, 5) is 21.0. The molecule has 0 atom stereocenters. The summed E-state index contributed by atoms with van der Waals surface area (Å²) in [5, 5.41) is 5.00. The molecule has 0 saturated heterocycles. The first-order valence-electron chi connectivity index (χ1n) is 4.25. The zero-order valence-corrected chi connectivity index (χ0v) is 8.05. The number of hydrogen-bond donors (Lipinski definition) is 2. The lowest BCUT2D eigenvalue weighted by Gasteiger charge is -2.03. The summed E-state index contributed by atoms with van der Waals surface area (Å²) in [5.74, 6) is -0.0350. The summed E-state index contributed by atoms with van der Waals surface area (Å²) in [5.41, 5.74) is 0. The fraction of sp³-hybridized carbons (Fsp3) is 0.750. The summed E-state index contributed by atoms with van der Waals surface area (Å²) in [7, 11) is 1.51. The van der Waals surface area contributed by atoms with Crippen LogP contribution in [-0.4, -0.2) is 32.2 Å². The predicted octanol–water partition coefficient (Wildman–Crippen LogP) is 0.259. The van der Waals surface area contributed by atoms with Gasteiger partial charge in [-0.1, -0.05) is 0 Å². The van der Waals surface area contributed by atoms with Crippen molar-refractivity contribution >= 4 is 12.0 Å². The molecule has 0 aromatic heterocycles. The van der Waals surface area contributed by atoms with Crippen LogP contribution in [0.5, 0.6) is 0 Å². The highest BCUT2D eigenvalue weighted by molar-refractivity contribution is 5.72. The van der Waals surface area contributed by atoms with Gasteiger partial charge in [0.15, 0.2) is 0 Å². The predicted molar refractivity (Wildman–Crippen MR) is 48.3 cm³/mol. The Hall–Kier alpha value is -1.26. The molecule has 0 aliphatic rings. The smallest absolute Gasteiger partial charge is 0.406 e. The van der Waals surface area contributed by atoms with Crippen LogP contribution in [0.3, 0.4) is 0 Å². The number of rotatable bonds is 5. The molecule has 0 aliphatic heterocycles. The van der Waals surface area contributed by atoms with Crippen LogP contribution in [0.2, 0.25) is 0 Å². The molecule has 0 spiro atoms. The largest absolute Gasteiger partial charge is 0.450 e. The molecule has 0 aliphatic carbocycles. The maximum atomic E-state index is 10.5. The normalized spacial score (nSPS) is 9.08. The molecule has 0 aromatic carbocycles. The molecule has 0 aromatic rings. The fourth-order valence-corrected chi connectivity index (χ4v) is 0.729. The lowest BCUT2D eigenvalue weighted by Crippen LogP contribution is -2.22. The molecule has 13 heavy (non-hydrogen) atoms. The van der Waals surface area contributed by atoms with E-state index < -0.39 is 6.09 Å². The highest BCUT2D eigenvalue weighted by Crippen LogP contribution is 1.88. The van der Waals surface area contributed by atoms with Gasteiger partial charge in [-0.3, -0.25) is 4.79 Å². The summed E-state index contributed by atoms with van der Waals surface area (Å²) < 4.78 is 4.74. The molecule has 0 radical (unpaired) electrons. The Balaban J connectivity index is 3.08. The number of unbranched alkanes of at least 4 members (excludes halogenated alkanes) is 1. The lowest BCUT2D eigenvalue weighted by atomic mass is 10.3. The second-order valence-corrected chi connectivity index (χ2v) is 2.58. The molecule has 5 heteroatoms. The van der Waals surface area contributed by atoms with Gasteiger partial charge >= 0.3 is 6.09 Å². The highest BCUT2D eigenvalue weighted by Gasteiger charge is 1.96. The molecule has 0 rings (SSSR count). The highest BCUT2D eigenvalue weighted by atomic mass is 16.5. The molecular formula is C8H16N2O3. The van der Waals surface area contributed by atoms with E-state index in [1.807, 2.05) is 0 Å². The minimum atomic E-state index is -0.417. The van der Waals surface area contributed by atoms with E-state index in [-0.39, 0.29) is 5.91 Å². The first-order chi connectivity index (χ1) is 6.16. The molecule has 0 saturated carbocycles. The van der Waals surface area contributed by atoms with Crippen LogP contribution in [0.15, 0.2) is 0 Å². The van der Waals surface area contributed by atoms with Crippen molar-refractivity contribution in [3.63, 3.8) is 0 Å². The number of hydrogen-bond acceptors (Lipinski definition) is 3. The maximum absolute atomic E-state index is 10.5. The van der Waals surface area contributed by atoms with Crippen molar-refractivity contribution in [1.82, 2.24) is 10.6 Å². The van der Waals surface area contributed by atoms with E-state index in [0.29, 0.717) is 13.2 Å². The summed E-state index contributed by atoms with van der Waals surface area (Å²) in [6.45, 7) is 2.49. The Labute approximate surface area is 77.8 Å². The van der Waals surface area contributed by atoms with E-state index >= 15 is 0 Å². The van der Waals surface area contributed by atoms with Crippen LogP contribution >= 0.6 is 0 Å². The number of ether oxygens (including phenoxy) is 1. The number of carbonyl (C=O) groups excluding carboxylic acids is 2.